The molecule has 3 aromatic rings. The largest absolute Gasteiger partial charge is 0.394 e. The molecule has 0 bridgehead atoms. The van der Waals surface area contributed by atoms with Crippen molar-refractivity contribution in [1.29, 1.82) is 0 Å². The third kappa shape index (κ3) is 1.52. The number of halogens is 1. The molecular formula is C11H8ClN5. The van der Waals surface area contributed by atoms with Gasteiger partial charge >= 0.3 is 0 Å². The fraction of sp³-hybridized carbons (Fsp3) is 0. The molecule has 5 nitrogen and oxygen atoms in total. The highest BCUT2D eigenvalue weighted by molar-refractivity contribution is 6.33. The van der Waals surface area contributed by atoms with Gasteiger partial charge in [-0.15, -0.1) is 10.2 Å². The lowest BCUT2D eigenvalue weighted by Crippen LogP contribution is -1.94. The maximum atomic E-state index is 5.93. The number of nitrogen functional groups attached to an aromatic ring is 1. The summed E-state index contributed by atoms with van der Waals surface area (Å²) in [6, 6.07) is 5.44. The van der Waals surface area contributed by atoms with Crippen molar-refractivity contribution < 1.29 is 0 Å². The van der Waals surface area contributed by atoms with Crippen molar-refractivity contribution in [3.8, 4) is 11.4 Å². The summed E-state index contributed by atoms with van der Waals surface area (Å²) in [4.78, 5) is 3.96. The Morgan fingerprint density at radius 3 is 2.65 bits per heavy atom. The van der Waals surface area contributed by atoms with E-state index in [2.05, 4.69) is 15.2 Å². The van der Waals surface area contributed by atoms with Gasteiger partial charge < -0.3 is 5.73 Å². The summed E-state index contributed by atoms with van der Waals surface area (Å²) < 4.78 is 1.80. The summed E-state index contributed by atoms with van der Waals surface area (Å²) in [6.45, 7) is 0. The van der Waals surface area contributed by atoms with Gasteiger partial charge in [0, 0.05) is 24.2 Å². The molecule has 0 aliphatic carbocycles. The van der Waals surface area contributed by atoms with E-state index in [1.54, 1.807) is 29.1 Å². The van der Waals surface area contributed by atoms with E-state index in [9.17, 15) is 0 Å². The summed E-state index contributed by atoms with van der Waals surface area (Å²) in [5.74, 6) is 0.714. The number of hydrogen-bond donors (Lipinski definition) is 1. The minimum absolute atomic E-state index is 0.432. The molecule has 0 unspecified atom stereocenters. The molecule has 0 aromatic carbocycles. The normalized spacial score (nSPS) is 10.9. The molecule has 3 aromatic heterocycles. The zero-order valence-electron chi connectivity index (χ0n) is 8.71. The quantitative estimate of drug-likeness (QED) is 0.712. The summed E-state index contributed by atoms with van der Waals surface area (Å²) in [6.07, 6.45) is 5.20. The molecule has 84 valence electrons. The first-order valence-electron chi connectivity index (χ1n) is 4.96. The van der Waals surface area contributed by atoms with Crippen LogP contribution >= 0.6 is 11.6 Å². The fourth-order valence-electron chi connectivity index (χ4n) is 1.65. The van der Waals surface area contributed by atoms with E-state index in [0.29, 0.717) is 22.2 Å². The van der Waals surface area contributed by atoms with Crippen LogP contribution < -0.4 is 5.73 Å². The van der Waals surface area contributed by atoms with Crippen LogP contribution in [0.15, 0.2) is 36.8 Å². The van der Waals surface area contributed by atoms with Crippen LogP contribution in [0.1, 0.15) is 0 Å². The molecule has 0 amide bonds. The van der Waals surface area contributed by atoms with Crippen molar-refractivity contribution in [2.24, 2.45) is 0 Å². The number of pyridine rings is 2. The first-order chi connectivity index (χ1) is 8.27. The van der Waals surface area contributed by atoms with Gasteiger partial charge in [0.05, 0.1) is 10.7 Å². The molecule has 0 spiro atoms. The Bertz CT molecular complexity index is 677. The second kappa shape index (κ2) is 3.71. The Balaban J connectivity index is 2.30. The van der Waals surface area contributed by atoms with E-state index in [-0.39, 0.29) is 0 Å². The molecule has 0 aliphatic rings. The highest BCUT2D eigenvalue weighted by atomic mass is 35.5. The Morgan fingerprint density at radius 2 is 1.88 bits per heavy atom. The lowest BCUT2D eigenvalue weighted by molar-refractivity contribution is 1.11. The van der Waals surface area contributed by atoms with Crippen molar-refractivity contribution in [3.63, 3.8) is 0 Å². The summed E-state index contributed by atoms with van der Waals surface area (Å²) in [7, 11) is 0. The smallest absolute Gasteiger partial charge is 0.185 e. The number of nitrogens with zero attached hydrogens (tertiary/aromatic N) is 4. The number of hydrogen-bond acceptors (Lipinski definition) is 4. The van der Waals surface area contributed by atoms with Gasteiger partial charge in [-0.3, -0.25) is 9.38 Å². The highest BCUT2D eigenvalue weighted by Gasteiger charge is 2.11. The molecule has 0 atom stereocenters. The molecule has 6 heteroatoms. The number of fused-ring (bicyclic) bond motifs is 1. The van der Waals surface area contributed by atoms with Crippen LogP contribution in [0, 0.1) is 0 Å². The van der Waals surface area contributed by atoms with E-state index in [1.807, 2.05) is 12.1 Å². The molecule has 0 saturated heterocycles. The topological polar surface area (TPSA) is 69.1 Å². The molecule has 0 saturated carbocycles. The van der Waals surface area contributed by atoms with E-state index >= 15 is 0 Å². The summed E-state index contributed by atoms with van der Waals surface area (Å²) in [5.41, 5.74) is 7.76. The predicted molar refractivity (Wildman–Crippen MR) is 65.6 cm³/mol. The number of anilines is 1. The zero-order valence-corrected chi connectivity index (χ0v) is 9.46. The van der Waals surface area contributed by atoms with Crippen molar-refractivity contribution in [2.45, 2.75) is 0 Å². The van der Waals surface area contributed by atoms with E-state index in [4.69, 9.17) is 17.3 Å². The number of nitrogens with two attached hydrogens (primary N) is 1. The van der Waals surface area contributed by atoms with Crippen LogP contribution in [0.25, 0.3) is 17.0 Å². The third-order valence-corrected chi connectivity index (χ3v) is 2.83. The average molecular weight is 246 g/mol. The van der Waals surface area contributed by atoms with Crippen LogP contribution in [0.5, 0.6) is 0 Å². The van der Waals surface area contributed by atoms with Crippen molar-refractivity contribution in [3.05, 3.63) is 41.8 Å². The maximum Gasteiger partial charge on any atom is 0.185 e. The van der Waals surface area contributed by atoms with Crippen LogP contribution in [0.4, 0.5) is 5.69 Å². The first-order valence-corrected chi connectivity index (χ1v) is 5.34. The lowest BCUT2D eigenvalue weighted by Gasteiger charge is -2.02. The van der Waals surface area contributed by atoms with Gasteiger partial charge in [0.15, 0.2) is 11.5 Å². The van der Waals surface area contributed by atoms with E-state index in [1.165, 1.54) is 0 Å². The first kappa shape index (κ1) is 10.0. The van der Waals surface area contributed by atoms with Gasteiger partial charge in [-0.2, -0.15) is 0 Å². The predicted octanol–water partition coefficient (Wildman–Crippen LogP) is 2.03. The Labute approximate surface area is 102 Å². The van der Waals surface area contributed by atoms with Gasteiger partial charge in [-0.1, -0.05) is 11.6 Å². The van der Waals surface area contributed by atoms with Crippen LogP contribution in [-0.2, 0) is 0 Å². The molecular weight excluding hydrogens is 238 g/mol. The van der Waals surface area contributed by atoms with Gasteiger partial charge in [-0.25, -0.2) is 0 Å². The fourth-order valence-corrected chi connectivity index (χ4v) is 1.79. The van der Waals surface area contributed by atoms with E-state index in [0.717, 1.165) is 5.56 Å². The molecule has 17 heavy (non-hydrogen) atoms. The second-order valence-corrected chi connectivity index (χ2v) is 3.94. The van der Waals surface area contributed by atoms with Crippen LogP contribution in [0.2, 0.25) is 5.02 Å². The summed E-state index contributed by atoms with van der Waals surface area (Å²) in [5, 5.41) is 8.63. The number of rotatable bonds is 1. The molecule has 2 N–H and O–H groups in total. The minimum atomic E-state index is 0.432. The Kier molecular flexibility index (Phi) is 2.19. The number of aromatic nitrogens is 4. The SMILES string of the molecule is Nc1c(Cl)ccn2c(-c3ccncc3)nnc12. The molecule has 3 heterocycles. The summed E-state index contributed by atoms with van der Waals surface area (Å²) >= 11 is 5.93. The van der Waals surface area contributed by atoms with E-state index < -0.39 is 0 Å². The third-order valence-electron chi connectivity index (χ3n) is 2.50. The molecule has 0 radical (unpaired) electrons. The molecule has 0 fully saturated rings. The Morgan fingerprint density at radius 1 is 1.12 bits per heavy atom. The standard InChI is InChI=1S/C11H8ClN5/c12-8-3-6-17-10(7-1-4-14-5-2-7)15-16-11(17)9(8)13/h1-6H,13H2. The Hall–Kier alpha value is -2.14. The van der Waals surface area contributed by atoms with Gasteiger partial charge in [-0.05, 0) is 18.2 Å². The zero-order chi connectivity index (χ0) is 11.8. The van der Waals surface area contributed by atoms with Gasteiger partial charge in [0.2, 0.25) is 0 Å². The second-order valence-electron chi connectivity index (χ2n) is 3.53. The van der Waals surface area contributed by atoms with Crippen LogP contribution in [0.3, 0.4) is 0 Å². The van der Waals surface area contributed by atoms with Crippen molar-refractivity contribution in [2.75, 3.05) is 5.73 Å². The molecule has 3 rings (SSSR count). The highest BCUT2D eigenvalue weighted by Crippen LogP contribution is 2.25. The van der Waals surface area contributed by atoms with Gasteiger partial charge in [0.1, 0.15) is 0 Å². The van der Waals surface area contributed by atoms with Crippen molar-refractivity contribution in [1.82, 2.24) is 19.6 Å². The average Bonchev–Trinajstić information content (AvgIpc) is 2.79. The van der Waals surface area contributed by atoms with Crippen molar-refractivity contribution >= 4 is 22.9 Å². The van der Waals surface area contributed by atoms with Crippen LogP contribution in [-0.4, -0.2) is 19.6 Å². The monoisotopic (exact) mass is 245 g/mol. The van der Waals surface area contributed by atoms with Gasteiger partial charge in [0.25, 0.3) is 0 Å². The maximum absolute atomic E-state index is 5.93. The lowest BCUT2D eigenvalue weighted by atomic mass is 10.2. The molecule has 0 aliphatic heterocycles. The minimum Gasteiger partial charge on any atom is -0.394 e.